The van der Waals surface area contributed by atoms with E-state index in [4.69, 9.17) is 26.4 Å². The minimum absolute atomic E-state index is 0.00797. The molecule has 2 aromatic carbocycles. The van der Waals surface area contributed by atoms with Gasteiger partial charge in [-0.3, -0.25) is 20.2 Å². The molecule has 1 aliphatic rings. The number of para-hydroxylation sites is 1. The van der Waals surface area contributed by atoms with Gasteiger partial charge >= 0.3 is 0 Å². The molecule has 4 rings (SSSR count). The Morgan fingerprint density at radius 1 is 1.00 bits per heavy atom. The van der Waals surface area contributed by atoms with E-state index in [1.165, 1.54) is 0 Å². The number of fused-ring (bicyclic) bond motifs is 1. The molecule has 0 radical (unpaired) electrons. The number of rotatable bonds is 7. The van der Waals surface area contributed by atoms with Crippen molar-refractivity contribution >= 4 is 46.1 Å². The largest absolute Gasteiger partial charge is 0.493 e. The number of ether oxygens (including phenoxy) is 3. The first-order valence-corrected chi connectivity index (χ1v) is 10.6. The molecule has 1 fully saturated rings. The van der Waals surface area contributed by atoms with Crippen LogP contribution in [0, 0.1) is 6.92 Å². The number of benzene rings is 2. The maximum atomic E-state index is 12.3. The number of nitrogens with one attached hydrogen (secondary N) is 2. The van der Waals surface area contributed by atoms with E-state index in [9.17, 15) is 9.59 Å². The lowest BCUT2D eigenvalue weighted by molar-refractivity contribution is -0.123. The molecule has 0 spiro atoms. The SMILES string of the molecule is COc1ccc(OCCn2c(C)c(C=C3C(=O)NC(=S)NC3=O)c3ccccc32)cc1OC. The predicted octanol–water partition coefficient (Wildman–Crippen LogP) is 2.96. The van der Waals surface area contributed by atoms with Gasteiger partial charge in [0.2, 0.25) is 0 Å². The third kappa shape index (κ3) is 4.40. The molecule has 8 nitrogen and oxygen atoms in total. The quantitative estimate of drug-likeness (QED) is 0.317. The van der Waals surface area contributed by atoms with E-state index in [1.54, 1.807) is 32.4 Å². The molecule has 1 aliphatic heterocycles. The number of amides is 2. The molecular weight excluding hydrogens is 442 g/mol. The van der Waals surface area contributed by atoms with Crippen LogP contribution in [0.3, 0.4) is 0 Å². The van der Waals surface area contributed by atoms with Gasteiger partial charge in [-0.25, -0.2) is 0 Å². The summed E-state index contributed by atoms with van der Waals surface area (Å²) in [4.78, 5) is 24.7. The van der Waals surface area contributed by atoms with E-state index in [-0.39, 0.29) is 10.7 Å². The number of thiocarbonyl (C=S) groups is 1. The summed E-state index contributed by atoms with van der Waals surface area (Å²) in [6, 6.07) is 13.2. The molecule has 0 bridgehead atoms. The minimum Gasteiger partial charge on any atom is -0.493 e. The van der Waals surface area contributed by atoms with Crippen LogP contribution >= 0.6 is 12.2 Å². The average molecular weight is 466 g/mol. The summed E-state index contributed by atoms with van der Waals surface area (Å²) >= 11 is 4.88. The van der Waals surface area contributed by atoms with Crippen molar-refractivity contribution in [2.45, 2.75) is 13.5 Å². The van der Waals surface area contributed by atoms with E-state index in [0.717, 1.165) is 22.2 Å². The second-order valence-corrected chi connectivity index (χ2v) is 7.74. The first kappa shape index (κ1) is 22.3. The van der Waals surface area contributed by atoms with E-state index in [1.807, 2.05) is 37.3 Å². The maximum Gasteiger partial charge on any atom is 0.263 e. The Hall–Kier alpha value is -3.85. The molecule has 33 heavy (non-hydrogen) atoms. The molecule has 2 heterocycles. The third-order valence-corrected chi connectivity index (χ3v) is 5.65. The van der Waals surface area contributed by atoms with Crippen LogP contribution in [0.5, 0.6) is 17.2 Å². The Morgan fingerprint density at radius 3 is 2.39 bits per heavy atom. The van der Waals surface area contributed by atoms with Gasteiger partial charge in [0.1, 0.15) is 17.9 Å². The van der Waals surface area contributed by atoms with Gasteiger partial charge in [-0.15, -0.1) is 0 Å². The Balaban J connectivity index is 1.61. The third-order valence-electron chi connectivity index (χ3n) is 5.45. The molecule has 0 unspecified atom stereocenters. The standard InChI is InChI=1S/C24H23N3O5S/c1-14-17(13-18-22(28)25-24(33)26-23(18)29)16-6-4-5-7-19(16)27(14)10-11-32-15-8-9-20(30-2)21(12-15)31-3/h4-9,12-13H,10-11H2,1-3H3,(H2,25,26,28,29,33). The summed E-state index contributed by atoms with van der Waals surface area (Å²) in [7, 11) is 3.16. The molecule has 2 amide bonds. The molecule has 3 aromatic rings. The van der Waals surface area contributed by atoms with E-state index < -0.39 is 11.8 Å². The number of carbonyl (C=O) groups is 2. The van der Waals surface area contributed by atoms with Gasteiger partial charge in [0.05, 0.1) is 20.8 Å². The van der Waals surface area contributed by atoms with Gasteiger partial charge in [0.25, 0.3) is 11.8 Å². The zero-order valence-electron chi connectivity index (χ0n) is 18.4. The van der Waals surface area contributed by atoms with Crippen molar-refractivity contribution in [3.8, 4) is 17.2 Å². The predicted molar refractivity (Wildman–Crippen MR) is 129 cm³/mol. The van der Waals surface area contributed by atoms with Crippen LogP contribution in [0.1, 0.15) is 11.3 Å². The second-order valence-electron chi connectivity index (χ2n) is 7.33. The summed E-state index contributed by atoms with van der Waals surface area (Å²) in [6.07, 6.45) is 1.61. The first-order chi connectivity index (χ1) is 15.9. The molecule has 0 aliphatic carbocycles. The lowest BCUT2D eigenvalue weighted by Gasteiger charge is -2.16. The zero-order valence-corrected chi connectivity index (χ0v) is 19.2. The lowest BCUT2D eigenvalue weighted by Crippen LogP contribution is -2.51. The molecule has 2 N–H and O–H groups in total. The normalized spacial score (nSPS) is 13.5. The molecule has 170 valence electrons. The summed E-state index contributed by atoms with van der Waals surface area (Å²) in [6.45, 7) is 2.92. The number of methoxy groups -OCH3 is 2. The highest BCUT2D eigenvalue weighted by molar-refractivity contribution is 7.80. The van der Waals surface area contributed by atoms with Crippen molar-refractivity contribution in [1.29, 1.82) is 0 Å². The van der Waals surface area contributed by atoms with Gasteiger partial charge < -0.3 is 18.8 Å². The Bertz CT molecular complexity index is 1270. The number of hydrogen-bond acceptors (Lipinski definition) is 6. The molecule has 0 atom stereocenters. The van der Waals surface area contributed by atoms with Gasteiger partial charge in [-0.05, 0) is 43.4 Å². The smallest absolute Gasteiger partial charge is 0.263 e. The highest BCUT2D eigenvalue weighted by atomic mass is 32.1. The summed E-state index contributed by atoms with van der Waals surface area (Å²) in [5.41, 5.74) is 2.69. The fraction of sp³-hybridized carbons (Fsp3) is 0.208. The van der Waals surface area contributed by atoms with Crippen LogP contribution in [-0.4, -0.2) is 42.3 Å². The van der Waals surface area contributed by atoms with Crippen molar-refractivity contribution < 1.29 is 23.8 Å². The van der Waals surface area contributed by atoms with Gasteiger partial charge in [-0.1, -0.05) is 18.2 Å². The Labute approximate surface area is 196 Å². The van der Waals surface area contributed by atoms with Crippen LogP contribution in [0.25, 0.3) is 17.0 Å². The van der Waals surface area contributed by atoms with Crippen LogP contribution < -0.4 is 24.8 Å². The highest BCUT2D eigenvalue weighted by Gasteiger charge is 2.26. The first-order valence-electron chi connectivity index (χ1n) is 10.2. The van der Waals surface area contributed by atoms with Crippen LogP contribution in [0.4, 0.5) is 0 Å². The van der Waals surface area contributed by atoms with E-state index in [0.29, 0.717) is 30.4 Å². The van der Waals surface area contributed by atoms with Gasteiger partial charge in [0.15, 0.2) is 16.6 Å². The topological polar surface area (TPSA) is 90.8 Å². The van der Waals surface area contributed by atoms with Crippen molar-refractivity contribution in [2.24, 2.45) is 0 Å². The molecule has 1 aromatic heterocycles. The molecule has 0 saturated carbocycles. The maximum absolute atomic E-state index is 12.3. The average Bonchev–Trinajstić information content (AvgIpc) is 3.07. The fourth-order valence-corrected chi connectivity index (χ4v) is 4.03. The van der Waals surface area contributed by atoms with Crippen molar-refractivity contribution in [1.82, 2.24) is 15.2 Å². The van der Waals surface area contributed by atoms with E-state index in [2.05, 4.69) is 15.2 Å². The molecular formula is C24H23N3O5S. The van der Waals surface area contributed by atoms with Crippen LogP contribution in [0.15, 0.2) is 48.0 Å². The lowest BCUT2D eigenvalue weighted by atomic mass is 10.1. The Kier molecular flexibility index (Phi) is 6.32. The van der Waals surface area contributed by atoms with Crippen molar-refractivity contribution in [3.63, 3.8) is 0 Å². The summed E-state index contributed by atoms with van der Waals surface area (Å²) in [5, 5.41) is 5.88. The number of aromatic nitrogens is 1. The highest BCUT2D eigenvalue weighted by Crippen LogP contribution is 2.31. The van der Waals surface area contributed by atoms with Crippen molar-refractivity contribution in [2.75, 3.05) is 20.8 Å². The van der Waals surface area contributed by atoms with Gasteiger partial charge in [0, 0.05) is 28.2 Å². The van der Waals surface area contributed by atoms with Crippen molar-refractivity contribution in [3.05, 3.63) is 59.3 Å². The minimum atomic E-state index is -0.517. The molecule has 9 heteroatoms. The Morgan fingerprint density at radius 2 is 1.70 bits per heavy atom. The zero-order chi connectivity index (χ0) is 23.5. The fourth-order valence-electron chi connectivity index (χ4n) is 3.84. The summed E-state index contributed by atoms with van der Waals surface area (Å²) in [5.74, 6) is 0.852. The number of nitrogens with zero attached hydrogens (tertiary/aromatic N) is 1. The number of carbonyl (C=O) groups excluding carboxylic acids is 2. The van der Waals surface area contributed by atoms with Crippen LogP contribution in [0.2, 0.25) is 0 Å². The number of hydrogen-bond donors (Lipinski definition) is 2. The second kappa shape index (κ2) is 9.33. The summed E-state index contributed by atoms with van der Waals surface area (Å²) < 4.78 is 18.6. The monoisotopic (exact) mass is 465 g/mol. The van der Waals surface area contributed by atoms with Crippen LogP contribution in [-0.2, 0) is 16.1 Å². The van der Waals surface area contributed by atoms with E-state index >= 15 is 0 Å². The molecule has 1 saturated heterocycles. The van der Waals surface area contributed by atoms with Gasteiger partial charge in [-0.2, -0.15) is 0 Å².